The maximum absolute atomic E-state index is 5.59. The molecule has 5 nitrogen and oxygen atoms in total. The number of nitrogens with zero attached hydrogens (tertiary/aromatic N) is 2. The Morgan fingerprint density at radius 2 is 2.04 bits per heavy atom. The first-order chi connectivity index (χ1) is 11.0. The molecule has 1 heterocycles. The zero-order valence-corrected chi connectivity index (χ0v) is 16.1. The molecule has 0 unspecified atom stereocenters. The largest absolute Gasteiger partial charge is 0.380 e. The SMILES string of the molecule is CCNC(=NCCOCCC(C)C)NCCc1nc(C)c(C)s1. The van der Waals surface area contributed by atoms with Crippen molar-refractivity contribution in [1.29, 1.82) is 0 Å². The molecule has 0 spiro atoms. The molecule has 0 aliphatic carbocycles. The zero-order chi connectivity index (χ0) is 17.1. The van der Waals surface area contributed by atoms with Gasteiger partial charge in [0.25, 0.3) is 0 Å². The number of thiazole rings is 1. The molecule has 1 aromatic heterocycles. The van der Waals surface area contributed by atoms with Gasteiger partial charge in [-0.1, -0.05) is 13.8 Å². The minimum atomic E-state index is 0.675. The molecular formula is C17H32N4OS. The molecule has 0 aliphatic heterocycles. The Balaban J connectivity index is 2.26. The molecule has 0 saturated heterocycles. The Hall–Kier alpha value is -1.14. The summed E-state index contributed by atoms with van der Waals surface area (Å²) in [7, 11) is 0. The second-order valence-corrected chi connectivity index (χ2v) is 7.27. The molecule has 23 heavy (non-hydrogen) atoms. The van der Waals surface area contributed by atoms with Crippen molar-refractivity contribution in [2.45, 2.75) is 47.5 Å². The maximum Gasteiger partial charge on any atom is 0.191 e. The minimum absolute atomic E-state index is 0.675. The summed E-state index contributed by atoms with van der Waals surface area (Å²) in [5.41, 5.74) is 1.14. The summed E-state index contributed by atoms with van der Waals surface area (Å²) >= 11 is 1.78. The average molecular weight is 341 g/mol. The number of hydrogen-bond acceptors (Lipinski definition) is 4. The van der Waals surface area contributed by atoms with Crippen LogP contribution in [0.4, 0.5) is 0 Å². The van der Waals surface area contributed by atoms with Crippen LogP contribution in [-0.4, -0.2) is 43.8 Å². The molecule has 0 saturated carbocycles. The molecule has 0 bridgehead atoms. The fraction of sp³-hybridized carbons (Fsp3) is 0.765. The summed E-state index contributed by atoms with van der Waals surface area (Å²) in [6.07, 6.45) is 2.03. The van der Waals surface area contributed by atoms with Gasteiger partial charge in [-0.2, -0.15) is 0 Å². The van der Waals surface area contributed by atoms with Crippen molar-refractivity contribution in [3.63, 3.8) is 0 Å². The molecule has 6 heteroatoms. The van der Waals surface area contributed by atoms with Crippen LogP contribution in [0.25, 0.3) is 0 Å². The lowest BCUT2D eigenvalue weighted by atomic mass is 10.1. The number of aliphatic imine (C=N–C) groups is 1. The van der Waals surface area contributed by atoms with Crippen LogP contribution in [0.2, 0.25) is 0 Å². The van der Waals surface area contributed by atoms with Gasteiger partial charge in [-0.25, -0.2) is 4.98 Å². The van der Waals surface area contributed by atoms with Gasteiger partial charge < -0.3 is 15.4 Å². The predicted molar refractivity (Wildman–Crippen MR) is 99.5 cm³/mol. The molecule has 132 valence electrons. The van der Waals surface area contributed by atoms with Crippen LogP contribution >= 0.6 is 11.3 Å². The molecule has 1 rings (SSSR count). The summed E-state index contributed by atoms with van der Waals surface area (Å²) in [6.45, 7) is 14.5. The number of aryl methyl sites for hydroxylation is 2. The first kappa shape index (κ1) is 19.9. The van der Waals surface area contributed by atoms with E-state index in [-0.39, 0.29) is 0 Å². The van der Waals surface area contributed by atoms with Crippen LogP contribution < -0.4 is 10.6 Å². The first-order valence-corrected chi connectivity index (χ1v) is 9.37. The monoisotopic (exact) mass is 340 g/mol. The van der Waals surface area contributed by atoms with E-state index >= 15 is 0 Å². The van der Waals surface area contributed by atoms with E-state index < -0.39 is 0 Å². The van der Waals surface area contributed by atoms with Gasteiger partial charge in [0.15, 0.2) is 5.96 Å². The molecule has 0 aliphatic rings. The van der Waals surface area contributed by atoms with Gasteiger partial charge in [-0.3, -0.25) is 4.99 Å². The van der Waals surface area contributed by atoms with E-state index in [1.807, 2.05) is 0 Å². The van der Waals surface area contributed by atoms with Crippen LogP contribution in [0, 0.1) is 19.8 Å². The van der Waals surface area contributed by atoms with E-state index in [0.29, 0.717) is 19.1 Å². The predicted octanol–water partition coefficient (Wildman–Crippen LogP) is 2.92. The molecule has 0 fully saturated rings. The topological polar surface area (TPSA) is 58.5 Å². The van der Waals surface area contributed by atoms with Crippen molar-refractivity contribution in [2.24, 2.45) is 10.9 Å². The van der Waals surface area contributed by atoms with Gasteiger partial charge in [0.05, 0.1) is 23.9 Å². The van der Waals surface area contributed by atoms with E-state index in [0.717, 1.165) is 44.2 Å². The lowest BCUT2D eigenvalue weighted by Gasteiger charge is -2.11. The van der Waals surface area contributed by atoms with Crippen molar-refractivity contribution < 1.29 is 4.74 Å². The maximum atomic E-state index is 5.59. The number of guanidine groups is 1. The highest BCUT2D eigenvalue weighted by Crippen LogP contribution is 2.16. The van der Waals surface area contributed by atoms with E-state index in [4.69, 9.17) is 4.74 Å². The van der Waals surface area contributed by atoms with Gasteiger partial charge in [0, 0.05) is 31.0 Å². The zero-order valence-electron chi connectivity index (χ0n) is 15.2. The van der Waals surface area contributed by atoms with E-state index in [1.165, 1.54) is 9.88 Å². The first-order valence-electron chi connectivity index (χ1n) is 8.55. The number of ether oxygens (including phenoxy) is 1. The standard InChI is InChI=1S/C17H32N4OS/c1-6-18-17(20-10-12-22-11-8-13(2)3)19-9-7-16-21-14(4)15(5)23-16/h13H,6-12H2,1-5H3,(H2,18,19,20). The van der Waals surface area contributed by atoms with Crippen molar-refractivity contribution in [1.82, 2.24) is 15.6 Å². The second-order valence-electron chi connectivity index (χ2n) is 5.98. The smallest absolute Gasteiger partial charge is 0.191 e. The third kappa shape index (κ3) is 8.91. The Morgan fingerprint density at radius 1 is 1.26 bits per heavy atom. The molecule has 1 aromatic rings. The lowest BCUT2D eigenvalue weighted by Crippen LogP contribution is -2.38. The van der Waals surface area contributed by atoms with E-state index in [1.54, 1.807) is 11.3 Å². The van der Waals surface area contributed by atoms with Gasteiger partial charge in [0.1, 0.15) is 0 Å². The van der Waals surface area contributed by atoms with Crippen LogP contribution in [0.1, 0.15) is 42.8 Å². The Labute approximate surface area is 145 Å². The van der Waals surface area contributed by atoms with Crippen LogP contribution in [-0.2, 0) is 11.2 Å². The van der Waals surface area contributed by atoms with Crippen LogP contribution in [0.5, 0.6) is 0 Å². The normalized spacial score (nSPS) is 12.0. The van der Waals surface area contributed by atoms with Gasteiger partial charge >= 0.3 is 0 Å². The number of aromatic nitrogens is 1. The van der Waals surface area contributed by atoms with Gasteiger partial charge in [0.2, 0.25) is 0 Å². The second kappa shape index (κ2) is 11.4. The van der Waals surface area contributed by atoms with E-state index in [2.05, 4.69) is 55.2 Å². The third-order valence-electron chi connectivity index (χ3n) is 3.39. The fourth-order valence-corrected chi connectivity index (χ4v) is 2.85. The Kier molecular flexibility index (Phi) is 9.87. The number of nitrogens with one attached hydrogen (secondary N) is 2. The molecule has 0 atom stereocenters. The highest BCUT2D eigenvalue weighted by molar-refractivity contribution is 7.11. The van der Waals surface area contributed by atoms with Crippen molar-refractivity contribution in [2.75, 3.05) is 32.8 Å². The fourth-order valence-electron chi connectivity index (χ4n) is 1.92. The van der Waals surface area contributed by atoms with Crippen LogP contribution in [0.3, 0.4) is 0 Å². The lowest BCUT2D eigenvalue weighted by molar-refractivity contribution is 0.130. The molecule has 0 aromatic carbocycles. The Bertz CT molecular complexity index is 452. The summed E-state index contributed by atoms with van der Waals surface area (Å²) < 4.78 is 5.59. The molecule has 2 N–H and O–H groups in total. The van der Waals surface area contributed by atoms with Crippen molar-refractivity contribution in [3.8, 4) is 0 Å². The highest BCUT2D eigenvalue weighted by atomic mass is 32.1. The quantitative estimate of drug-likeness (QED) is 0.391. The molecule has 0 amide bonds. The summed E-state index contributed by atoms with van der Waals surface area (Å²) in [5.74, 6) is 1.54. The third-order valence-corrected chi connectivity index (χ3v) is 4.53. The summed E-state index contributed by atoms with van der Waals surface area (Å²) in [5, 5.41) is 7.80. The summed E-state index contributed by atoms with van der Waals surface area (Å²) in [6, 6.07) is 0. The molecular weight excluding hydrogens is 308 g/mol. The number of rotatable bonds is 10. The highest BCUT2D eigenvalue weighted by Gasteiger charge is 2.04. The minimum Gasteiger partial charge on any atom is -0.380 e. The van der Waals surface area contributed by atoms with Crippen molar-refractivity contribution in [3.05, 3.63) is 15.6 Å². The average Bonchev–Trinajstić information content (AvgIpc) is 2.81. The van der Waals surface area contributed by atoms with Crippen molar-refractivity contribution >= 4 is 17.3 Å². The van der Waals surface area contributed by atoms with Crippen LogP contribution in [0.15, 0.2) is 4.99 Å². The van der Waals surface area contributed by atoms with E-state index in [9.17, 15) is 0 Å². The molecule has 0 radical (unpaired) electrons. The van der Waals surface area contributed by atoms with Gasteiger partial charge in [-0.05, 0) is 33.1 Å². The summed E-state index contributed by atoms with van der Waals surface area (Å²) in [4.78, 5) is 10.4. The Morgan fingerprint density at radius 3 is 2.65 bits per heavy atom. The van der Waals surface area contributed by atoms with Gasteiger partial charge in [-0.15, -0.1) is 11.3 Å². The number of hydrogen-bond donors (Lipinski definition) is 2.